The van der Waals surface area contributed by atoms with Crippen molar-refractivity contribution in [2.24, 2.45) is 0 Å². The SMILES string of the molecule is COc1ccc([C@@H]2SCCN2C(=O)Nc2cccc(C(F)(F)F)c2)c(OC)c1. The van der Waals surface area contributed by atoms with E-state index in [1.165, 1.54) is 19.2 Å². The highest BCUT2D eigenvalue weighted by Gasteiger charge is 2.34. The Kier molecular flexibility index (Phi) is 5.93. The summed E-state index contributed by atoms with van der Waals surface area (Å²) in [4.78, 5) is 14.3. The zero-order chi connectivity index (χ0) is 20.3. The van der Waals surface area contributed by atoms with Crippen LogP contribution in [0.3, 0.4) is 0 Å². The average molecular weight is 412 g/mol. The number of carbonyl (C=O) groups is 1. The number of carbonyl (C=O) groups excluding carboxylic acids is 1. The van der Waals surface area contributed by atoms with E-state index in [0.29, 0.717) is 23.8 Å². The van der Waals surface area contributed by atoms with Gasteiger partial charge in [-0.1, -0.05) is 6.07 Å². The van der Waals surface area contributed by atoms with Crippen LogP contribution in [0.5, 0.6) is 11.5 Å². The van der Waals surface area contributed by atoms with Gasteiger partial charge in [0, 0.05) is 29.6 Å². The van der Waals surface area contributed by atoms with Crippen molar-refractivity contribution in [3.8, 4) is 11.5 Å². The number of alkyl halides is 3. The second kappa shape index (κ2) is 8.22. The van der Waals surface area contributed by atoms with Crippen LogP contribution in [0.25, 0.3) is 0 Å². The Bertz CT molecular complexity index is 861. The molecule has 150 valence electrons. The van der Waals surface area contributed by atoms with Gasteiger partial charge < -0.3 is 19.7 Å². The fourth-order valence-corrected chi connectivity index (χ4v) is 4.21. The van der Waals surface area contributed by atoms with Gasteiger partial charge in [-0.05, 0) is 30.3 Å². The van der Waals surface area contributed by atoms with E-state index in [-0.39, 0.29) is 11.1 Å². The van der Waals surface area contributed by atoms with Crippen molar-refractivity contribution in [2.75, 3.05) is 31.8 Å². The summed E-state index contributed by atoms with van der Waals surface area (Å²) in [5.41, 5.74) is 0.0802. The van der Waals surface area contributed by atoms with Crippen LogP contribution in [0.4, 0.5) is 23.7 Å². The molecule has 5 nitrogen and oxygen atoms in total. The third kappa shape index (κ3) is 4.30. The lowest BCUT2D eigenvalue weighted by molar-refractivity contribution is -0.137. The van der Waals surface area contributed by atoms with E-state index in [9.17, 15) is 18.0 Å². The van der Waals surface area contributed by atoms with Gasteiger partial charge in [0.15, 0.2) is 0 Å². The second-order valence-corrected chi connectivity index (χ2v) is 7.22. The number of methoxy groups -OCH3 is 2. The quantitative estimate of drug-likeness (QED) is 0.768. The number of thioether (sulfide) groups is 1. The summed E-state index contributed by atoms with van der Waals surface area (Å²) in [5.74, 6) is 1.91. The molecule has 0 saturated carbocycles. The van der Waals surface area contributed by atoms with Crippen LogP contribution < -0.4 is 14.8 Å². The topological polar surface area (TPSA) is 50.8 Å². The number of rotatable bonds is 4. The standard InChI is InChI=1S/C19H19F3N2O3S/c1-26-14-6-7-15(16(11-14)27-2)17-24(8-9-28-17)18(25)23-13-5-3-4-12(10-13)19(20,21)22/h3-7,10-11,17H,8-9H2,1-2H3,(H,23,25)/t17-/m0/s1. The minimum atomic E-state index is -4.47. The highest BCUT2D eigenvalue weighted by molar-refractivity contribution is 7.99. The van der Waals surface area contributed by atoms with E-state index in [0.717, 1.165) is 17.7 Å². The normalized spacial score (nSPS) is 16.8. The number of anilines is 1. The molecule has 1 aliphatic heterocycles. The number of hydrogen-bond donors (Lipinski definition) is 1. The summed E-state index contributed by atoms with van der Waals surface area (Å²) in [5, 5.41) is 2.25. The molecule has 1 fully saturated rings. The number of nitrogens with zero attached hydrogens (tertiary/aromatic N) is 1. The maximum atomic E-state index is 12.9. The molecule has 28 heavy (non-hydrogen) atoms. The summed E-state index contributed by atoms with van der Waals surface area (Å²) < 4.78 is 49.3. The molecule has 2 amide bonds. The van der Waals surface area contributed by atoms with Gasteiger partial charge in [0.05, 0.1) is 19.8 Å². The molecule has 0 unspecified atom stereocenters. The van der Waals surface area contributed by atoms with Crippen LogP contribution in [0, 0.1) is 0 Å². The fraction of sp³-hybridized carbons (Fsp3) is 0.316. The number of amides is 2. The molecule has 0 aromatic heterocycles. The minimum absolute atomic E-state index is 0.0946. The van der Waals surface area contributed by atoms with E-state index in [1.54, 1.807) is 35.9 Å². The first-order chi connectivity index (χ1) is 13.3. The van der Waals surface area contributed by atoms with Crippen LogP contribution in [-0.4, -0.2) is 37.4 Å². The summed E-state index contributed by atoms with van der Waals surface area (Å²) in [7, 11) is 3.08. The third-order valence-corrected chi connectivity index (χ3v) is 5.54. The lowest BCUT2D eigenvalue weighted by Crippen LogP contribution is -2.34. The van der Waals surface area contributed by atoms with E-state index in [1.807, 2.05) is 6.07 Å². The molecule has 1 heterocycles. The Balaban J connectivity index is 1.81. The van der Waals surface area contributed by atoms with Gasteiger partial charge in [-0.3, -0.25) is 0 Å². The Hall–Kier alpha value is -2.55. The predicted molar refractivity (Wildman–Crippen MR) is 102 cm³/mol. The Labute approximate surface area is 164 Å². The Morgan fingerprint density at radius 3 is 2.64 bits per heavy atom. The van der Waals surface area contributed by atoms with Crippen molar-refractivity contribution in [2.45, 2.75) is 11.6 Å². The highest BCUT2D eigenvalue weighted by Crippen LogP contribution is 2.43. The van der Waals surface area contributed by atoms with Crippen molar-refractivity contribution in [3.63, 3.8) is 0 Å². The zero-order valence-corrected chi connectivity index (χ0v) is 16.1. The molecule has 1 saturated heterocycles. The van der Waals surface area contributed by atoms with Gasteiger partial charge in [0.25, 0.3) is 0 Å². The van der Waals surface area contributed by atoms with Crippen molar-refractivity contribution >= 4 is 23.5 Å². The third-order valence-electron chi connectivity index (χ3n) is 4.30. The van der Waals surface area contributed by atoms with Gasteiger partial charge in [-0.2, -0.15) is 13.2 Å². The molecule has 1 N–H and O–H groups in total. The predicted octanol–water partition coefficient (Wildman–Crippen LogP) is 5.00. The number of benzene rings is 2. The molecular formula is C19H19F3N2O3S. The van der Waals surface area contributed by atoms with Gasteiger partial charge in [-0.15, -0.1) is 11.8 Å². The molecule has 9 heteroatoms. The maximum Gasteiger partial charge on any atom is 0.416 e. The van der Waals surface area contributed by atoms with Crippen molar-refractivity contribution < 1.29 is 27.4 Å². The molecule has 0 spiro atoms. The highest BCUT2D eigenvalue weighted by atomic mass is 32.2. The van der Waals surface area contributed by atoms with Crippen molar-refractivity contribution in [3.05, 3.63) is 53.6 Å². The van der Waals surface area contributed by atoms with Gasteiger partial charge in [-0.25, -0.2) is 4.79 Å². The van der Waals surface area contributed by atoms with E-state index in [2.05, 4.69) is 5.32 Å². The number of urea groups is 1. The summed E-state index contributed by atoms with van der Waals surface area (Å²) >= 11 is 1.56. The molecule has 0 radical (unpaired) electrons. The molecule has 2 aromatic carbocycles. The van der Waals surface area contributed by atoms with Crippen LogP contribution in [0.15, 0.2) is 42.5 Å². The zero-order valence-electron chi connectivity index (χ0n) is 15.2. The molecule has 1 atom stereocenters. The number of nitrogens with one attached hydrogen (secondary N) is 1. The van der Waals surface area contributed by atoms with E-state index >= 15 is 0 Å². The van der Waals surface area contributed by atoms with Crippen LogP contribution in [0.1, 0.15) is 16.5 Å². The van der Waals surface area contributed by atoms with Crippen LogP contribution in [0.2, 0.25) is 0 Å². The first-order valence-corrected chi connectivity index (χ1v) is 9.47. The summed E-state index contributed by atoms with van der Waals surface area (Å²) in [6, 6.07) is 9.45. The largest absolute Gasteiger partial charge is 0.497 e. The smallest absolute Gasteiger partial charge is 0.416 e. The number of ether oxygens (including phenoxy) is 2. The summed E-state index contributed by atoms with van der Waals surface area (Å²) in [6.45, 7) is 0.468. The molecule has 0 aliphatic carbocycles. The first-order valence-electron chi connectivity index (χ1n) is 8.42. The minimum Gasteiger partial charge on any atom is -0.497 e. The molecule has 1 aliphatic rings. The van der Waals surface area contributed by atoms with Crippen LogP contribution >= 0.6 is 11.8 Å². The molecular weight excluding hydrogens is 393 g/mol. The van der Waals surface area contributed by atoms with Crippen LogP contribution in [-0.2, 0) is 6.18 Å². The van der Waals surface area contributed by atoms with Gasteiger partial charge in [0.1, 0.15) is 16.9 Å². The second-order valence-electron chi connectivity index (χ2n) is 6.03. The average Bonchev–Trinajstić information content (AvgIpc) is 3.16. The Morgan fingerprint density at radius 2 is 1.96 bits per heavy atom. The summed E-state index contributed by atoms with van der Waals surface area (Å²) in [6.07, 6.45) is -4.47. The van der Waals surface area contributed by atoms with E-state index in [4.69, 9.17) is 9.47 Å². The van der Waals surface area contributed by atoms with E-state index < -0.39 is 17.8 Å². The van der Waals surface area contributed by atoms with Gasteiger partial charge in [0.2, 0.25) is 0 Å². The van der Waals surface area contributed by atoms with Crippen molar-refractivity contribution in [1.29, 1.82) is 0 Å². The monoisotopic (exact) mass is 412 g/mol. The van der Waals surface area contributed by atoms with Crippen molar-refractivity contribution in [1.82, 2.24) is 4.90 Å². The Morgan fingerprint density at radius 1 is 1.18 bits per heavy atom. The molecule has 0 bridgehead atoms. The van der Waals surface area contributed by atoms with Gasteiger partial charge >= 0.3 is 12.2 Å². The number of halogens is 3. The molecule has 2 aromatic rings. The number of hydrogen-bond acceptors (Lipinski definition) is 4. The maximum absolute atomic E-state index is 12.9. The first kappa shape index (κ1) is 20.2. The fourth-order valence-electron chi connectivity index (χ4n) is 2.93. The lowest BCUT2D eigenvalue weighted by Gasteiger charge is -2.26. The molecule has 3 rings (SSSR count). The lowest BCUT2D eigenvalue weighted by atomic mass is 10.1.